The molecular formula is C18H16Cl2N4O4. The Morgan fingerprint density at radius 2 is 2.04 bits per heavy atom. The van der Waals surface area contributed by atoms with E-state index in [1.807, 2.05) is 6.07 Å². The number of rotatable bonds is 3. The van der Waals surface area contributed by atoms with E-state index in [2.05, 4.69) is 20.0 Å². The molecule has 4 rings (SSSR count). The van der Waals surface area contributed by atoms with Crippen molar-refractivity contribution in [2.45, 2.75) is 12.1 Å². The van der Waals surface area contributed by atoms with Crippen molar-refractivity contribution < 1.29 is 9.26 Å². The fraction of sp³-hybridized carbons (Fsp3) is 0.278. The van der Waals surface area contributed by atoms with Crippen molar-refractivity contribution in [3.8, 4) is 11.4 Å². The second kappa shape index (κ2) is 7.92. The number of pyridine rings is 1. The van der Waals surface area contributed by atoms with Crippen molar-refractivity contribution in [1.29, 1.82) is 0 Å². The first-order valence-corrected chi connectivity index (χ1v) is 9.35. The molecule has 0 bridgehead atoms. The maximum absolute atomic E-state index is 13.1. The Hall–Kier alpha value is -2.39. The number of hydrogen-bond donors (Lipinski definition) is 2. The smallest absolute Gasteiger partial charge is 0.370 e. The summed E-state index contributed by atoms with van der Waals surface area (Å²) in [6.07, 6.45) is 1.25. The molecule has 1 fully saturated rings. The molecule has 2 atom stereocenters. The molecule has 1 aromatic carbocycles. The zero-order valence-electron chi connectivity index (χ0n) is 14.5. The summed E-state index contributed by atoms with van der Waals surface area (Å²) in [7, 11) is 0. The highest BCUT2D eigenvalue weighted by Crippen LogP contribution is 2.34. The molecular weight excluding hydrogens is 407 g/mol. The molecule has 0 amide bonds. The molecule has 10 heteroatoms. The number of nitrogens with one attached hydrogen (secondary N) is 2. The highest BCUT2D eigenvalue weighted by atomic mass is 35.5. The first-order valence-electron chi connectivity index (χ1n) is 8.59. The van der Waals surface area contributed by atoms with Gasteiger partial charge in [-0.1, -0.05) is 34.4 Å². The Kier molecular flexibility index (Phi) is 5.36. The van der Waals surface area contributed by atoms with Crippen LogP contribution in [0.1, 0.15) is 17.7 Å². The van der Waals surface area contributed by atoms with E-state index in [0.717, 1.165) is 5.56 Å². The lowest BCUT2D eigenvalue weighted by atomic mass is 10.0. The predicted molar refractivity (Wildman–Crippen MR) is 104 cm³/mol. The topological polar surface area (TPSA) is 102 Å². The van der Waals surface area contributed by atoms with Gasteiger partial charge >= 0.3 is 5.76 Å². The molecule has 0 aliphatic carbocycles. The van der Waals surface area contributed by atoms with E-state index < -0.39 is 11.9 Å². The maximum Gasteiger partial charge on any atom is 0.439 e. The van der Waals surface area contributed by atoms with E-state index in [1.54, 1.807) is 35.0 Å². The molecule has 1 saturated heterocycles. The lowest BCUT2D eigenvalue weighted by molar-refractivity contribution is 0.0336. The van der Waals surface area contributed by atoms with Gasteiger partial charge in [0.2, 0.25) is 0 Å². The fourth-order valence-corrected chi connectivity index (χ4v) is 3.58. The quantitative estimate of drug-likeness (QED) is 0.671. The Balaban J connectivity index is 1.79. The van der Waals surface area contributed by atoms with Crippen LogP contribution in [0, 0.1) is 0 Å². The van der Waals surface area contributed by atoms with Gasteiger partial charge in [-0.2, -0.15) is 0 Å². The average molecular weight is 423 g/mol. The van der Waals surface area contributed by atoms with Crippen molar-refractivity contribution in [1.82, 2.24) is 20.0 Å². The normalized spacial score (nSPS) is 20.1. The molecule has 0 saturated carbocycles. The summed E-state index contributed by atoms with van der Waals surface area (Å²) in [5.41, 5.74) is 0.718. The van der Waals surface area contributed by atoms with Gasteiger partial charge in [0.1, 0.15) is 6.10 Å². The molecule has 28 heavy (non-hydrogen) atoms. The number of benzene rings is 1. The van der Waals surface area contributed by atoms with Crippen LogP contribution in [-0.2, 0) is 4.74 Å². The lowest BCUT2D eigenvalue weighted by Crippen LogP contribution is -2.34. The molecule has 1 aliphatic rings. The van der Waals surface area contributed by atoms with Crippen molar-refractivity contribution in [3.63, 3.8) is 0 Å². The Bertz CT molecular complexity index is 1110. The second-order valence-corrected chi connectivity index (χ2v) is 7.13. The predicted octanol–water partition coefficient (Wildman–Crippen LogP) is 2.40. The molecule has 0 unspecified atom stereocenters. The van der Waals surface area contributed by atoms with Gasteiger partial charge in [-0.3, -0.25) is 14.3 Å². The maximum atomic E-state index is 13.1. The largest absolute Gasteiger partial charge is 0.439 e. The van der Waals surface area contributed by atoms with Crippen LogP contribution < -0.4 is 16.6 Å². The van der Waals surface area contributed by atoms with Crippen molar-refractivity contribution in [3.05, 3.63) is 73.0 Å². The number of halogens is 2. The van der Waals surface area contributed by atoms with E-state index in [4.69, 9.17) is 27.9 Å². The Labute approximate surface area is 169 Å². The summed E-state index contributed by atoms with van der Waals surface area (Å²) in [6, 6.07) is 8.22. The number of ether oxygens (including phenoxy) is 1. The minimum Gasteiger partial charge on any atom is -0.370 e. The van der Waals surface area contributed by atoms with E-state index >= 15 is 0 Å². The van der Waals surface area contributed by atoms with Crippen LogP contribution in [-0.4, -0.2) is 34.4 Å². The lowest BCUT2D eigenvalue weighted by Gasteiger charge is -2.27. The first kappa shape index (κ1) is 18.9. The van der Waals surface area contributed by atoms with E-state index in [1.165, 1.54) is 0 Å². The number of hydrogen-bond acceptors (Lipinski definition) is 6. The van der Waals surface area contributed by atoms with Crippen LogP contribution in [0.4, 0.5) is 0 Å². The van der Waals surface area contributed by atoms with Gasteiger partial charge in [-0.25, -0.2) is 4.79 Å². The summed E-state index contributed by atoms with van der Waals surface area (Å²) in [4.78, 5) is 26.8. The third-order valence-electron chi connectivity index (χ3n) is 4.58. The van der Waals surface area contributed by atoms with E-state index in [-0.39, 0.29) is 23.0 Å². The van der Waals surface area contributed by atoms with E-state index in [9.17, 15) is 9.59 Å². The van der Waals surface area contributed by atoms with Crippen LogP contribution in [0.25, 0.3) is 11.4 Å². The van der Waals surface area contributed by atoms with E-state index in [0.29, 0.717) is 29.7 Å². The van der Waals surface area contributed by atoms with Gasteiger partial charge in [0.15, 0.2) is 5.82 Å². The molecule has 2 N–H and O–H groups in total. The highest BCUT2D eigenvalue weighted by molar-refractivity contribution is 6.42. The molecule has 146 valence electrons. The fourth-order valence-electron chi connectivity index (χ4n) is 3.28. The standard InChI is InChI=1S/C18H16Cl2N4O4/c19-12-4-3-10(8-13(12)20)15-14(9-21-5-7-27-15)24-6-1-2-11(17(24)25)16-22-18(26)28-23-16/h1-4,6,8,14-15,21H,5,7,9H2,(H,22,23,26)/t14-,15+/m0/s1. The van der Waals surface area contributed by atoms with Crippen LogP contribution in [0.3, 0.4) is 0 Å². The van der Waals surface area contributed by atoms with Crippen molar-refractivity contribution in [2.24, 2.45) is 0 Å². The molecule has 1 aliphatic heterocycles. The summed E-state index contributed by atoms with van der Waals surface area (Å²) >= 11 is 12.2. The van der Waals surface area contributed by atoms with Crippen molar-refractivity contribution >= 4 is 23.2 Å². The van der Waals surface area contributed by atoms with Gasteiger partial charge in [-0.15, -0.1) is 0 Å². The van der Waals surface area contributed by atoms with Gasteiger partial charge in [0, 0.05) is 19.3 Å². The van der Waals surface area contributed by atoms with Gasteiger partial charge in [0.05, 0.1) is 28.3 Å². The van der Waals surface area contributed by atoms with Crippen LogP contribution in [0.5, 0.6) is 0 Å². The van der Waals surface area contributed by atoms with Crippen molar-refractivity contribution in [2.75, 3.05) is 19.7 Å². The average Bonchev–Trinajstić information content (AvgIpc) is 2.97. The number of aromatic nitrogens is 3. The number of nitrogens with zero attached hydrogens (tertiary/aromatic N) is 2. The second-order valence-electron chi connectivity index (χ2n) is 6.31. The van der Waals surface area contributed by atoms with Gasteiger partial charge in [-0.05, 0) is 29.8 Å². The SMILES string of the molecule is O=c1[nH]c(-c2cccn([C@H]3CNCCO[C@@H]3c3ccc(Cl)c(Cl)c3)c2=O)no1. The summed E-state index contributed by atoms with van der Waals surface area (Å²) in [5.74, 6) is -0.643. The van der Waals surface area contributed by atoms with Crippen LogP contribution >= 0.6 is 23.2 Å². The summed E-state index contributed by atoms with van der Waals surface area (Å²) < 4.78 is 12.1. The zero-order chi connectivity index (χ0) is 19.7. The van der Waals surface area contributed by atoms with Gasteiger partial charge in [0.25, 0.3) is 5.56 Å². The monoisotopic (exact) mass is 422 g/mol. The number of aromatic amines is 1. The summed E-state index contributed by atoms with van der Waals surface area (Å²) in [6.45, 7) is 1.63. The molecule has 3 heterocycles. The molecule has 8 nitrogen and oxygen atoms in total. The molecule has 2 aromatic heterocycles. The third kappa shape index (κ3) is 3.64. The summed E-state index contributed by atoms with van der Waals surface area (Å²) in [5, 5.41) is 7.75. The molecule has 0 spiro atoms. The van der Waals surface area contributed by atoms with Gasteiger partial charge < -0.3 is 14.6 Å². The first-order chi connectivity index (χ1) is 13.5. The Morgan fingerprint density at radius 3 is 2.79 bits per heavy atom. The molecule has 3 aromatic rings. The van der Waals surface area contributed by atoms with Crippen LogP contribution in [0.15, 0.2) is 50.6 Å². The highest BCUT2D eigenvalue weighted by Gasteiger charge is 2.29. The Morgan fingerprint density at radius 1 is 1.18 bits per heavy atom. The minimum absolute atomic E-state index is 0.0814. The zero-order valence-corrected chi connectivity index (χ0v) is 16.0. The molecule has 0 radical (unpaired) electrons. The third-order valence-corrected chi connectivity index (χ3v) is 5.32. The number of H-pyrrole nitrogens is 1. The van der Waals surface area contributed by atoms with Crippen LogP contribution in [0.2, 0.25) is 10.0 Å². The minimum atomic E-state index is -0.724.